The first-order valence-electron chi connectivity index (χ1n) is 9.47. The Morgan fingerprint density at radius 2 is 1.76 bits per heavy atom. The predicted octanol–water partition coefficient (Wildman–Crippen LogP) is 3.83. The number of piperazine rings is 1. The van der Waals surface area contributed by atoms with E-state index in [9.17, 15) is 14.0 Å². The zero-order valence-corrected chi connectivity index (χ0v) is 17.2. The summed E-state index contributed by atoms with van der Waals surface area (Å²) in [6.45, 7) is 2.90. The van der Waals surface area contributed by atoms with E-state index < -0.39 is 11.7 Å². The Labute approximate surface area is 178 Å². The van der Waals surface area contributed by atoms with Crippen molar-refractivity contribution in [1.29, 1.82) is 0 Å². The maximum absolute atomic E-state index is 13.4. The topological polar surface area (TPSA) is 43.9 Å². The number of benzene rings is 2. The fourth-order valence-corrected chi connectivity index (χ4v) is 4.25. The second kappa shape index (κ2) is 8.20. The molecule has 2 aliphatic heterocycles. The van der Waals surface area contributed by atoms with Crippen LogP contribution in [0.5, 0.6) is 0 Å². The van der Waals surface area contributed by atoms with Crippen LogP contribution in [0.2, 0.25) is 10.0 Å². The van der Waals surface area contributed by atoms with Gasteiger partial charge in [0.1, 0.15) is 5.82 Å². The highest BCUT2D eigenvalue weighted by atomic mass is 35.5. The van der Waals surface area contributed by atoms with E-state index in [4.69, 9.17) is 23.2 Å². The van der Waals surface area contributed by atoms with E-state index >= 15 is 0 Å². The fourth-order valence-electron chi connectivity index (χ4n) is 3.89. The van der Waals surface area contributed by atoms with E-state index in [1.807, 2.05) is 29.2 Å². The molecule has 5 nitrogen and oxygen atoms in total. The number of carbonyl (C=O) groups excluding carboxylic acids is 2. The molecule has 2 aliphatic rings. The van der Waals surface area contributed by atoms with E-state index in [1.165, 1.54) is 23.1 Å². The van der Waals surface area contributed by atoms with Crippen LogP contribution < -0.4 is 9.80 Å². The highest BCUT2D eigenvalue weighted by Gasteiger charge is 2.38. The summed E-state index contributed by atoms with van der Waals surface area (Å²) in [5.41, 5.74) is 1.56. The lowest BCUT2D eigenvalue weighted by molar-refractivity contribution is -0.136. The second-order valence-corrected chi connectivity index (χ2v) is 8.14. The molecule has 152 valence electrons. The van der Waals surface area contributed by atoms with Crippen LogP contribution in [-0.2, 0) is 9.59 Å². The Balaban J connectivity index is 1.38. The summed E-state index contributed by atoms with van der Waals surface area (Å²) in [6, 6.07) is 11.8. The van der Waals surface area contributed by atoms with E-state index in [-0.39, 0.29) is 29.8 Å². The van der Waals surface area contributed by atoms with Crippen LogP contribution >= 0.6 is 23.2 Å². The smallest absolute Gasteiger partial charge is 0.228 e. The van der Waals surface area contributed by atoms with E-state index in [0.717, 1.165) is 5.69 Å². The van der Waals surface area contributed by atoms with Crippen molar-refractivity contribution in [3.05, 3.63) is 58.3 Å². The molecule has 0 spiro atoms. The van der Waals surface area contributed by atoms with Crippen LogP contribution in [0.25, 0.3) is 0 Å². The molecule has 0 saturated carbocycles. The fraction of sp³-hybridized carbons (Fsp3) is 0.333. The van der Waals surface area contributed by atoms with Crippen molar-refractivity contribution in [2.24, 2.45) is 5.92 Å². The van der Waals surface area contributed by atoms with Gasteiger partial charge in [-0.15, -0.1) is 0 Å². The number of hydrogen-bond donors (Lipinski definition) is 0. The monoisotopic (exact) mass is 435 g/mol. The minimum Gasteiger partial charge on any atom is -0.368 e. The minimum atomic E-state index is -0.535. The predicted molar refractivity (Wildman–Crippen MR) is 112 cm³/mol. The van der Waals surface area contributed by atoms with Gasteiger partial charge in [-0.25, -0.2) is 4.39 Å². The highest BCUT2D eigenvalue weighted by Crippen LogP contribution is 2.30. The third-order valence-corrected chi connectivity index (χ3v) is 5.98. The Hall–Kier alpha value is -2.31. The normalized spacial score (nSPS) is 19.8. The summed E-state index contributed by atoms with van der Waals surface area (Å²) in [7, 11) is 0. The Bertz CT molecular complexity index is 947. The van der Waals surface area contributed by atoms with Crippen LogP contribution in [-0.4, -0.2) is 49.4 Å². The Morgan fingerprint density at radius 1 is 1.00 bits per heavy atom. The summed E-state index contributed by atoms with van der Waals surface area (Å²) in [6.07, 6.45) is 0.155. The average Bonchev–Trinajstić information content (AvgIpc) is 3.11. The molecular formula is C21H20Cl2FN3O2. The number of amides is 2. The zero-order chi connectivity index (χ0) is 20.5. The zero-order valence-electron chi connectivity index (χ0n) is 15.7. The van der Waals surface area contributed by atoms with E-state index in [2.05, 4.69) is 4.90 Å². The van der Waals surface area contributed by atoms with Gasteiger partial charge in [-0.2, -0.15) is 0 Å². The van der Waals surface area contributed by atoms with Crippen molar-refractivity contribution in [2.45, 2.75) is 6.42 Å². The van der Waals surface area contributed by atoms with Gasteiger partial charge in [0.2, 0.25) is 11.8 Å². The summed E-state index contributed by atoms with van der Waals surface area (Å²) in [5.74, 6) is -1.10. The molecule has 29 heavy (non-hydrogen) atoms. The largest absolute Gasteiger partial charge is 0.368 e. The maximum Gasteiger partial charge on any atom is 0.228 e. The number of anilines is 2. The first kappa shape index (κ1) is 20.0. The van der Waals surface area contributed by atoms with Crippen molar-refractivity contribution in [2.75, 3.05) is 42.5 Å². The van der Waals surface area contributed by atoms with Gasteiger partial charge in [0.05, 0.1) is 10.9 Å². The molecule has 1 unspecified atom stereocenters. The summed E-state index contributed by atoms with van der Waals surface area (Å²) in [5, 5.41) is 0.647. The molecule has 0 aliphatic carbocycles. The first-order valence-corrected chi connectivity index (χ1v) is 10.2. The van der Waals surface area contributed by atoms with Crippen molar-refractivity contribution < 1.29 is 14.0 Å². The lowest BCUT2D eigenvalue weighted by Gasteiger charge is -2.37. The molecule has 1 atom stereocenters. The molecule has 2 amide bonds. The molecule has 2 aromatic carbocycles. The van der Waals surface area contributed by atoms with Gasteiger partial charge >= 0.3 is 0 Å². The third kappa shape index (κ3) is 4.19. The number of hydrogen-bond acceptors (Lipinski definition) is 3. The van der Waals surface area contributed by atoms with Crippen LogP contribution in [0.1, 0.15) is 6.42 Å². The molecular weight excluding hydrogens is 416 g/mol. The number of carbonyl (C=O) groups is 2. The van der Waals surface area contributed by atoms with Gasteiger partial charge in [0, 0.05) is 55.5 Å². The van der Waals surface area contributed by atoms with Crippen molar-refractivity contribution in [3.8, 4) is 0 Å². The van der Waals surface area contributed by atoms with Crippen LogP contribution in [0.4, 0.5) is 15.8 Å². The van der Waals surface area contributed by atoms with E-state index in [1.54, 1.807) is 0 Å². The SMILES string of the molecule is O=C(C1CC(=O)N(c2ccc(F)c(Cl)c2)C1)N1CCN(c2cccc(Cl)c2)CC1. The molecule has 0 aromatic heterocycles. The highest BCUT2D eigenvalue weighted by molar-refractivity contribution is 6.31. The molecule has 2 fully saturated rings. The minimum absolute atomic E-state index is 0.0141. The Morgan fingerprint density at radius 3 is 2.45 bits per heavy atom. The molecule has 0 radical (unpaired) electrons. The van der Waals surface area contributed by atoms with Gasteiger partial charge in [-0.1, -0.05) is 29.3 Å². The molecule has 0 N–H and O–H groups in total. The molecule has 8 heteroatoms. The van der Waals surface area contributed by atoms with Gasteiger partial charge in [-0.05, 0) is 36.4 Å². The molecule has 4 rings (SSSR count). The van der Waals surface area contributed by atoms with Crippen molar-refractivity contribution in [1.82, 2.24) is 4.90 Å². The van der Waals surface area contributed by atoms with E-state index in [0.29, 0.717) is 36.9 Å². The van der Waals surface area contributed by atoms with Crippen LogP contribution in [0, 0.1) is 11.7 Å². The molecule has 2 heterocycles. The number of rotatable bonds is 3. The van der Waals surface area contributed by atoms with Crippen LogP contribution in [0.3, 0.4) is 0 Å². The van der Waals surface area contributed by atoms with Crippen LogP contribution in [0.15, 0.2) is 42.5 Å². The molecule has 2 aromatic rings. The average molecular weight is 436 g/mol. The number of halogens is 3. The van der Waals surface area contributed by atoms with Crippen molar-refractivity contribution in [3.63, 3.8) is 0 Å². The summed E-state index contributed by atoms with van der Waals surface area (Å²) >= 11 is 11.9. The molecule has 0 bridgehead atoms. The summed E-state index contributed by atoms with van der Waals surface area (Å²) in [4.78, 5) is 30.9. The quantitative estimate of drug-likeness (QED) is 0.735. The van der Waals surface area contributed by atoms with Gasteiger partial charge in [-0.3, -0.25) is 9.59 Å². The lowest BCUT2D eigenvalue weighted by atomic mass is 10.1. The van der Waals surface area contributed by atoms with Gasteiger partial charge in [0.15, 0.2) is 0 Å². The third-order valence-electron chi connectivity index (χ3n) is 5.45. The number of nitrogens with zero attached hydrogens (tertiary/aromatic N) is 3. The summed E-state index contributed by atoms with van der Waals surface area (Å²) < 4.78 is 13.4. The second-order valence-electron chi connectivity index (χ2n) is 7.30. The molecule has 2 saturated heterocycles. The maximum atomic E-state index is 13.4. The Kier molecular flexibility index (Phi) is 5.65. The van der Waals surface area contributed by atoms with Crippen molar-refractivity contribution >= 4 is 46.4 Å². The first-order chi connectivity index (χ1) is 13.9. The lowest BCUT2D eigenvalue weighted by Crippen LogP contribution is -2.50. The van der Waals surface area contributed by atoms with Gasteiger partial charge < -0.3 is 14.7 Å². The standard InChI is InChI=1S/C21H20Cl2FN3O2/c22-15-2-1-3-16(11-15)25-6-8-26(9-7-25)21(29)14-10-20(28)27(13-14)17-4-5-19(24)18(23)12-17/h1-5,11-12,14H,6-10,13H2. The van der Waals surface area contributed by atoms with Gasteiger partial charge in [0.25, 0.3) is 0 Å².